The molecule has 2 aliphatic rings. The first-order valence-corrected chi connectivity index (χ1v) is 12.1. The Balaban J connectivity index is 1.37. The molecule has 2 aliphatic carbocycles. The summed E-state index contributed by atoms with van der Waals surface area (Å²) in [5.41, 5.74) is 12.2. The lowest BCUT2D eigenvalue weighted by molar-refractivity contribution is 0.526. The molecule has 0 aromatic heterocycles. The summed E-state index contributed by atoms with van der Waals surface area (Å²) in [6, 6.07) is 26.4. The van der Waals surface area contributed by atoms with Crippen LogP contribution in [0.1, 0.15) is 36.1 Å². The Morgan fingerprint density at radius 3 is 1.34 bits per heavy atom. The quantitative estimate of drug-likeness (QED) is 0.285. The molecule has 0 N–H and O–H groups in total. The first-order chi connectivity index (χ1) is 16.9. The molecule has 172 valence electrons. The van der Waals surface area contributed by atoms with E-state index in [4.69, 9.17) is 0 Å². The van der Waals surface area contributed by atoms with E-state index in [2.05, 4.69) is 62.4 Å². The highest BCUT2D eigenvalue weighted by Crippen LogP contribution is 2.48. The average molecular weight is 461 g/mol. The van der Waals surface area contributed by atoms with Crippen LogP contribution < -0.4 is 0 Å². The lowest BCUT2D eigenvalue weighted by atomic mass is 9.75. The highest BCUT2D eigenvalue weighted by atomic mass is 19.1. The molecule has 0 bridgehead atoms. The minimum absolute atomic E-state index is 0.113. The molecule has 2 heteroatoms. The highest BCUT2D eigenvalue weighted by molar-refractivity contribution is 5.84. The van der Waals surface area contributed by atoms with E-state index in [-0.39, 0.29) is 17.0 Å². The fourth-order valence-electron chi connectivity index (χ4n) is 5.51. The lowest BCUT2D eigenvalue weighted by Crippen LogP contribution is -2.18. The summed E-state index contributed by atoms with van der Waals surface area (Å²) < 4.78 is 27.0. The molecule has 0 nitrogen and oxygen atoms in total. The molecule has 4 aromatic carbocycles. The Morgan fingerprint density at radius 2 is 0.943 bits per heavy atom. The largest absolute Gasteiger partial charge is 0.207 e. The van der Waals surface area contributed by atoms with Crippen molar-refractivity contribution < 1.29 is 8.78 Å². The highest BCUT2D eigenvalue weighted by Gasteiger charge is 2.34. The topological polar surface area (TPSA) is 0 Å². The third-order valence-electron chi connectivity index (χ3n) is 7.71. The number of benzene rings is 4. The monoisotopic (exact) mass is 460 g/mol. The van der Waals surface area contributed by atoms with Gasteiger partial charge in [0.1, 0.15) is 11.6 Å². The Bertz CT molecular complexity index is 1390. The van der Waals surface area contributed by atoms with Crippen LogP contribution in [0.3, 0.4) is 0 Å². The van der Waals surface area contributed by atoms with Crippen molar-refractivity contribution in [1.29, 1.82) is 0 Å². The van der Waals surface area contributed by atoms with Gasteiger partial charge in [0, 0.05) is 5.41 Å². The van der Waals surface area contributed by atoms with Crippen molar-refractivity contribution in [2.75, 3.05) is 0 Å². The van der Waals surface area contributed by atoms with Crippen LogP contribution >= 0.6 is 0 Å². The molecule has 0 saturated heterocycles. The molecule has 0 aliphatic heterocycles. The van der Waals surface area contributed by atoms with Gasteiger partial charge in [-0.1, -0.05) is 97.8 Å². The van der Waals surface area contributed by atoms with Gasteiger partial charge in [-0.25, -0.2) is 8.78 Å². The van der Waals surface area contributed by atoms with Crippen LogP contribution in [0.2, 0.25) is 0 Å². The molecule has 0 unspecified atom stereocenters. The van der Waals surface area contributed by atoms with Crippen molar-refractivity contribution in [1.82, 2.24) is 0 Å². The second-order valence-electron chi connectivity index (χ2n) is 10.1. The van der Waals surface area contributed by atoms with E-state index in [1.165, 1.54) is 57.7 Å². The predicted octanol–water partition coefficient (Wildman–Crippen LogP) is 8.90. The SMILES string of the molecule is CC(C)(C1=Cc2c(cccc2-c2ccc(F)cc2)C1)C1=Cc2c(cccc2-c2ccc(F)cc2)C1. The summed E-state index contributed by atoms with van der Waals surface area (Å²) in [7, 11) is 0. The number of fused-ring (bicyclic) bond motifs is 2. The van der Waals surface area contributed by atoms with Gasteiger partial charge in [0.15, 0.2) is 0 Å². The van der Waals surface area contributed by atoms with Crippen LogP contribution in [0.5, 0.6) is 0 Å². The van der Waals surface area contributed by atoms with Gasteiger partial charge in [-0.05, 0) is 81.6 Å². The second kappa shape index (κ2) is 8.16. The summed E-state index contributed by atoms with van der Waals surface area (Å²) in [5, 5.41) is 0. The summed E-state index contributed by atoms with van der Waals surface area (Å²) in [4.78, 5) is 0. The van der Waals surface area contributed by atoms with Gasteiger partial charge in [0.05, 0.1) is 0 Å². The predicted molar refractivity (Wildman–Crippen MR) is 141 cm³/mol. The minimum Gasteiger partial charge on any atom is -0.207 e. The van der Waals surface area contributed by atoms with E-state index in [0.29, 0.717) is 0 Å². The molecule has 0 saturated carbocycles. The zero-order valence-corrected chi connectivity index (χ0v) is 19.9. The molecular formula is C33H26F2. The smallest absolute Gasteiger partial charge is 0.123 e. The standard InChI is InChI=1S/C33H26F2/c1-33(2,25-17-23-5-3-7-29(31(23)19-25)21-9-13-27(34)14-10-21)26-18-24-6-4-8-30(32(24)20-26)22-11-15-28(35)16-12-22/h3-16,19-20H,17-18H2,1-2H3. The lowest BCUT2D eigenvalue weighted by Gasteiger charge is -2.28. The maximum absolute atomic E-state index is 13.5. The summed E-state index contributed by atoms with van der Waals surface area (Å²) in [5.74, 6) is -0.433. The van der Waals surface area contributed by atoms with E-state index in [1.807, 2.05) is 24.3 Å². The fraction of sp³-hybridized carbons (Fsp3) is 0.152. The molecule has 0 radical (unpaired) electrons. The average Bonchev–Trinajstić information content (AvgIpc) is 3.50. The minimum atomic E-state index is -0.216. The fourth-order valence-corrected chi connectivity index (χ4v) is 5.51. The van der Waals surface area contributed by atoms with Crippen LogP contribution in [0.15, 0.2) is 96.1 Å². The normalized spacial score (nSPS) is 14.4. The number of rotatable bonds is 4. The van der Waals surface area contributed by atoms with E-state index >= 15 is 0 Å². The van der Waals surface area contributed by atoms with Crippen molar-refractivity contribution in [2.24, 2.45) is 5.41 Å². The van der Waals surface area contributed by atoms with Crippen LogP contribution in [0, 0.1) is 17.0 Å². The summed E-state index contributed by atoms with van der Waals surface area (Å²) in [6.07, 6.45) is 6.52. The van der Waals surface area contributed by atoms with Gasteiger partial charge in [-0.2, -0.15) is 0 Å². The van der Waals surface area contributed by atoms with E-state index in [0.717, 1.165) is 35.1 Å². The molecule has 4 aromatic rings. The van der Waals surface area contributed by atoms with Crippen LogP contribution in [0.4, 0.5) is 8.78 Å². The van der Waals surface area contributed by atoms with Crippen molar-refractivity contribution in [2.45, 2.75) is 26.7 Å². The van der Waals surface area contributed by atoms with Crippen LogP contribution in [-0.2, 0) is 12.8 Å². The van der Waals surface area contributed by atoms with Gasteiger partial charge >= 0.3 is 0 Å². The Hall–Kier alpha value is -3.78. The van der Waals surface area contributed by atoms with Gasteiger partial charge in [0.25, 0.3) is 0 Å². The van der Waals surface area contributed by atoms with Crippen molar-refractivity contribution >= 4 is 12.2 Å². The van der Waals surface area contributed by atoms with Gasteiger partial charge in [-0.3, -0.25) is 0 Å². The van der Waals surface area contributed by atoms with Crippen molar-refractivity contribution in [3.63, 3.8) is 0 Å². The maximum atomic E-state index is 13.5. The Labute approximate surface area is 205 Å². The third kappa shape index (κ3) is 3.74. The summed E-state index contributed by atoms with van der Waals surface area (Å²) in [6.45, 7) is 4.63. The Morgan fingerprint density at radius 1 is 0.543 bits per heavy atom. The second-order valence-corrected chi connectivity index (χ2v) is 10.1. The molecular weight excluding hydrogens is 434 g/mol. The van der Waals surface area contributed by atoms with Crippen LogP contribution in [-0.4, -0.2) is 0 Å². The van der Waals surface area contributed by atoms with E-state index < -0.39 is 0 Å². The number of hydrogen-bond acceptors (Lipinski definition) is 0. The molecule has 0 spiro atoms. The van der Waals surface area contributed by atoms with E-state index in [1.54, 1.807) is 0 Å². The van der Waals surface area contributed by atoms with Gasteiger partial charge in [0.2, 0.25) is 0 Å². The van der Waals surface area contributed by atoms with Crippen molar-refractivity contribution in [3.8, 4) is 22.3 Å². The van der Waals surface area contributed by atoms with E-state index in [9.17, 15) is 8.78 Å². The zero-order chi connectivity index (χ0) is 24.2. The molecule has 0 fully saturated rings. The molecule has 6 rings (SSSR count). The third-order valence-corrected chi connectivity index (χ3v) is 7.71. The maximum Gasteiger partial charge on any atom is 0.123 e. The van der Waals surface area contributed by atoms with Gasteiger partial charge < -0.3 is 0 Å². The zero-order valence-electron chi connectivity index (χ0n) is 19.9. The summed E-state index contributed by atoms with van der Waals surface area (Å²) >= 11 is 0. The molecule has 35 heavy (non-hydrogen) atoms. The first-order valence-electron chi connectivity index (χ1n) is 12.1. The van der Waals surface area contributed by atoms with Gasteiger partial charge in [-0.15, -0.1) is 0 Å². The Kier molecular flexibility index (Phi) is 5.07. The van der Waals surface area contributed by atoms with Crippen molar-refractivity contribution in [3.05, 3.63) is 130 Å². The number of halogens is 2. The number of hydrogen-bond donors (Lipinski definition) is 0. The number of allylic oxidation sites excluding steroid dienone is 2. The molecule has 0 atom stereocenters. The molecule has 0 amide bonds. The molecule has 0 heterocycles. The van der Waals surface area contributed by atoms with Crippen LogP contribution in [0.25, 0.3) is 34.4 Å². The first kappa shape index (κ1) is 21.7.